The van der Waals surface area contributed by atoms with Crippen molar-refractivity contribution in [2.24, 2.45) is 14.1 Å². The van der Waals surface area contributed by atoms with Crippen LogP contribution in [0.25, 0.3) is 22.1 Å². The highest BCUT2D eigenvalue weighted by molar-refractivity contribution is 7.13. The van der Waals surface area contributed by atoms with Crippen molar-refractivity contribution in [1.29, 1.82) is 0 Å². The van der Waals surface area contributed by atoms with Crippen molar-refractivity contribution in [3.8, 4) is 22.1 Å². The Kier molecular flexibility index (Phi) is 4.54. The van der Waals surface area contributed by atoms with Gasteiger partial charge in [-0.1, -0.05) is 6.92 Å². The summed E-state index contributed by atoms with van der Waals surface area (Å²) in [6.45, 7) is 1.99. The molecule has 1 unspecified atom stereocenters. The average Bonchev–Trinajstić information content (AvgIpc) is 3.51. The van der Waals surface area contributed by atoms with Gasteiger partial charge in [-0.15, -0.1) is 11.3 Å². The van der Waals surface area contributed by atoms with Gasteiger partial charge < -0.3 is 9.80 Å². The van der Waals surface area contributed by atoms with Gasteiger partial charge in [0.25, 0.3) is 0 Å². The number of thiazole rings is 1. The number of aromatic nitrogens is 7. The molecule has 0 N–H and O–H groups in total. The Morgan fingerprint density at radius 3 is 2.61 bits per heavy atom. The molecule has 1 aliphatic rings. The van der Waals surface area contributed by atoms with Crippen molar-refractivity contribution in [1.82, 2.24) is 34.5 Å². The van der Waals surface area contributed by atoms with Crippen molar-refractivity contribution in [3.63, 3.8) is 0 Å². The minimum atomic E-state index is -0.378. The van der Waals surface area contributed by atoms with Gasteiger partial charge in [0.2, 0.25) is 5.91 Å². The Morgan fingerprint density at radius 1 is 1.10 bits per heavy atom. The summed E-state index contributed by atoms with van der Waals surface area (Å²) in [6, 6.07) is -0.378. The maximum atomic E-state index is 13.1. The van der Waals surface area contributed by atoms with E-state index in [0.29, 0.717) is 23.8 Å². The molecule has 5 rings (SSSR count). The molecule has 0 saturated carbocycles. The normalized spacial score (nSPS) is 16.1. The van der Waals surface area contributed by atoms with E-state index in [0.717, 1.165) is 22.0 Å². The highest BCUT2D eigenvalue weighted by Crippen LogP contribution is 2.41. The van der Waals surface area contributed by atoms with E-state index in [1.807, 2.05) is 43.7 Å². The summed E-state index contributed by atoms with van der Waals surface area (Å²) < 4.78 is 3.45. The standard InChI is InChI=1S/C20H21N9OS/c1-5-14-20(30)28(4)15-9-22-17(24-18(15)29(14)12-8-23-26(2)10-12)13-11-27(3)25-16(13)19-21-6-7-31-19/h6-11,14H,5H2,1-4H3. The van der Waals surface area contributed by atoms with E-state index in [2.05, 4.69) is 20.2 Å². The Labute approximate surface area is 182 Å². The van der Waals surface area contributed by atoms with Gasteiger partial charge in [-0.3, -0.25) is 14.2 Å². The molecule has 0 saturated heterocycles. The van der Waals surface area contributed by atoms with Crippen LogP contribution < -0.4 is 9.80 Å². The Hall–Kier alpha value is -3.60. The van der Waals surface area contributed by atoms with Crippen LogP contribution in [0.4, 0.5) is 17.2 Å². The van der Waals surface area contributed by atoms with Crippen molar-refractivity contribution in [3.05, 3.63) is 36.4 Å². The smallest absolute Gasteiger partial charge is 0.250 e. The van der Waals surface area contributed by atoms with Gasteiger partial charge in [0.1, 0.15) is 22.4 Å². The third kappa shape index (κ3) is 3.08. The number of likely N-dealkylation sites (N-methyl/N-ethyl adjacent to an activating group) is 1. The van der Waals surface area contributed by atoms with Gasteiger partial charge in [-0.2, -0.15) is 10.2 Å². The van der Waals surface area contributed by atoms with Crippen LogP contribution in [0.15, 0.2) is 36.4 Å². The minimum Gasteiger partial charge on any atom is -0.309 e. The second-order valence-electron chi connectivity index (χ2n) is 7.37. The van der Waals surface area contributed by atoms with E-state index < -0.39 is 0 Å². The molecule has 0 aliphatic carbocycles. The van der Waals surface area contributed by atoms with E-state index in [-0.39, 0.29) is 11.9 Å². The van der Waals surface area contributed by atoms with Gasteiger partial charge in [0, 0.05) is 45.1 Å². The highest BCUT2D eigenvalue weighted by atomic mass is 32.1. The maximum Gasteiger partial charge on any atom is 0.250 e. The first kappa shape index (κ1) is 19.4. The lowest BCUT2D eigenvalue weighted by Gasteiger charge is -2.39. The SMILES string of the molecule is CCC1C(=O)N(C)c2cnc(-c3cn(C)nc3-c3nccs3)nc2N1c1cnn(C)c1. The predicted octanol–water partition coefficient (Wildman–Crippen LogP) is 2.63. The topological polar surface area (TPSA) is 97.9 Å². The van der Waals surface area contributed by atoms with Gasteiger partial charge in [0.05, 0.1) is 23.6 Å². The summed E-state index contributed by atoms with van der Waals surface area (Å²) in [7, 11) is 5.48. The van der Waals surface area contributed by atoms with Gasteiger partial charge >= 0.3 is 0 Å². The number of fused-ring (bicyclic) bond motifs is 1. The lowest BCUT2D eigenvalue weighted by atomic mass is 10.1. The van der Waals surface area contributed by atoms with Gasteiger partial charge in [0.15, 0.2) is 11.6 Å². The predicted molar refractivity (Wildman–Crippen MR) is 118 cm³/mol. The van der Waals surface area contributed by atoms with Crippen molar-refractivity contribution >= 4 is 34.4 Å². The number of hydrogen-bond acceptors (Lipinski definition) is 8. The second-order valence-corrected chi connectivity index (χ2v) is 8.26. The van der Waals surface area contributed by atoms with Gasteiger partial charge in [-0.25, -0.2) is 15.0 Å². The molecule has 158 valence electrons. The maximum absolute atomic E-state index is 13.1. The zero-order chi connectivity index (χ0) is 21.7. The molecule has 0 aromatic carbocycles. The van der Waals surface area contributed by atoms with Crippen LogP contribution in [-0.4, -0.2) is 53.5 Å². The summed E-state index contributed by atoms with van der Waals surface area (Å²) >= 11 is 1.52. The second kappa shape index (κ2) is 7.27. The molecular formula is C20H21N9OS. The minimum absolute atomic E-state index is 0.0000513. The van der Waals surface area contributed by atoms with E-state index in [9.17, 15) is 4.79 Å². The lowest BCUT2D eigenvalue weighted by molar-refractivity contribution is -0.119. The molecule has 11 heteroatoms. The molecule has 1 atom stereocenters. The summed E-state index contributed by atoms with van der Waals surface area (Å²) in [5.74, 6) is 1.20. The number of aryl methyl sites for hydroxylation is 2. The number of amides is 1. The van der Waals surface area contributed by atoms with E-state index in [1.54, 1.807) is 39.9 Å². The van der Waals surface area contributed by atoms with Gasteiger partial charge in [-0.05, 0) is 6.42 Å². The quantitative estimate of drug-likeness (QED) is 0.486. The fourth-order valence-corrected chi connectivity index (χ4v) is 4.49. The van der Waals surface area contributed by atoms with E-state index in [1.165, 1.54) is 11.3 Å². The van der Waals surface area contributed by atoms with Crippen LogP contribution >= 0.6 is 11.3 Å². The van der Waals surface area contributed by atoms with E-state index in [4.69, 9.17) is 4.98 Å². The summed E-state index contributed by atoms with van der Waals surface area (Å²) in [5, 5.41) is 11.6. The largest absolute Gasteiger partial charge is 0.309 e. The number of nitrogens with zero attached hydrogens (tertiary/aromatic N) is 9. The van der Waals surface area contributed by atoms with Crippen LogP contribution in [0.1, 0.15) is 13.3 Å². The molecule has 4 aromatic heterocycles. The number of rotatable bonds is 4. The monoisotopic (exact) mass is 435 g/mol. The lowest BCUT2D eigenvalue weighted by Crippen LogP contribution is -2.50. The Balaban J connectivity index is 1.70. The Morgan fingerprint density at radius 2 is 1.94 bits per heavy atom. The number of carbonyl (C=O) groups excluding carboxylic acids is 1. The Bertz CT molecular complexity index is 1260. The number of hydrogen-bond donors (Lipinski definition) is 0. The third-order valence-electron chi connectivity index (χ3n) is 5.33. The third-order valence-corrected chi connectivity index (χ3v) is 6.11. The van der Waals surface area contributed by atoms with Crippen molar-refractivity contribution in [2.45, 2.75) is 19.4 Å². The van der Waals surface area contributed by atoms with Crippen LogP contribution in [0.5, 0.6) is 0 Å². The summed E-state index contributed by atoms with van der Waals surface area (Å²) in [5.41, 5.74) is 2.99. The zero-order valence-electron chi connectivity index (χ0n) is 17.6. The number of carbonyl (C=O) groups is 1. The molecule has 0 spiro atoms. The molecular weight excluding hydrogens is 414 g/mol. The first-order chi connectivity index (χ1) is 15.0. The average molecular weight is 436 g/mol. The summed E-state index contributed by atoms with van der Waals surface area (Å²) in [4.78, 5) is 30.6. The number of anilines is 3. The molecule has 0 bridgehead atoms. The zero-order valence-corrected chi connectivity index (χ0v) is 18.4. The van der Waals surface area contributed by atoms with Crippen LogP contribution in [0.3, 0.4) is 0 Å². The molecule has 4 aromatic rings. The van der Waals surface area contributed by atoms with Crippen LogP contribution in [0, 0.1) is 0 Å². The fraction of sp³-hybridized carbons (Fsp3) is 0.300. The molecule has 31 heavy (non-hydrogen) atoms. The molecule has 10 nitrogen and oxygen atoms in total. The highest BCUT2D eigenvalue weighted by Gasteiger charge is 2.38. The first-order valence-electron chi connectivity index (χ1n) is 9.84. The first-order valence-corrected chi connectivity index (χ1v) is 10.7. The molecule has 1 amide bonds. The summed E-state index contributed by atoms with van der Waals surface area (Å²) in [6.07, 6.45) is 9.61. The molecule has 0 radical (unpaired) electrons. The van der Waals surface area contributed by atoms with Crippen molar-refractivity contribution < 1.29 is 4.79 Å². The molecule has 1 aliphatic heterocycles. The van der Waals surface area contributed by atoms with Crippen molar-refractivity contribution in [2.75, 3.05) is 16.8 Å². The molecule has 0 fully saturated rings. The van der Waals surface area contributed by atoms with Crippen LogP contribution in [-0.2, 0) is 18.9 Å². The molecule has 5 heterocycles. The van der Waals surface area contributed by atoms with Crippen LogP contribution in [0.2, 0.25) is 0 Å². The van der Waals surface area contributed by atoms with E-state index >= 15 is 0 Å². The fourth-order valence-electron chi connectivity index (χ4n) is 3.85.